The Morgan fingerprint density at radius 2 is 2.00 bits per heavy atom. The Morgan fingerprint density at radius 3 is 2.58 bits per heavy atom. The summed E-state index contributed by atoms with van der Waals surface area (Å²) >= 11 is 0. The molecule has 2 rings (SSSR count). The van der Waals surface area contributed by atoms with Crippen molar-refractivity contribution in [3.05, 3.63) is 29.8 Å². The number of amides is 1. The van der Waals surface area contributed by atoms with Crippen molar-refractivity contribution in [2.75, 3.05) is 12.3 Å². The summed E-state index contributed by atoms with van der Waals surface area (Å²) in [5.74, 6) is -0.137. The summed E-state index contributed by atoms with van der Waals surface area (Å²) in [6, 6.07) is 6.21. The van der Waals surface area contributed by atoms with Crippen molar-refractivity contribution < 1.29 is 18.3 Å². The van der Waals surface area contributed by atoms with Crippen LogP contribution >= 0.6 is 0 Å². The Bertz CT molecular complexity index is 565. The van der Waals surface area contributed by atoms with Crippen LogP contribution in [-0.4, -0.2) is 42.9 Å². The fourth-order valence-corrected chi connectivity index (χ4v) is 3.95. The van der Waals surface area contributed by atoms with Crippen LogP contribution in [0.5, 0.6) is 0 Å². The number of hydrogen-bond donors (Lipinski definition) is 1. The van der Waals surface area contributed by atoms with E-state index >= 15 is 0 Å². The largest absolute Gasteiger partial charge is 0.465 e. The molecule has 1 aromatic rings. The molecule has 0 bridgehead atoms. The Hall–Kier alpha value is -1.56. The highest BCUT2D eigenvalue weighted by Gasteiger charge is 2.32. The van der Waals surface area contributed by atoms with E-state index in [0.29, 0.717) is 13.0 Å². The van der Waals surface area contributed by atoms with Gasteiger partial charge in [-0.25, -0.2) is 13.2 Å². The van der Waals surface area contributed by atoms with Crippen LogP contribution in [0.1, 0.15) is 18.4 Å². The van der Waals surface area contributed by atoms with E-state index in [4.69, 9.17) is 5.11 Å². The number of sulfone groups is 1. The van der Waals surface area contributed by atoms with Crippen molar-refractivity contribution in [1.29, 1.82) is 0 Å². The lowest BCUT2D eigenvalue weighted by molar-refractivity contribution is 0.144. The Morgan fingerprint density at radius 1 is 1.37 bits per heavy atom. The highest BCUT2D eigenvalue weighted by Crippen LogP contribution is 2.22. The van der Waals surface area contributed by atoms with Gasteiger partial charge in [-0.3, -0.25) is 0 Å². The molecule has 1 heterocycles. The number of benzene rings is 1. The van der Waals surface area contributed by atoms with Gasteiger partial charge in [0.05, 0.1) is 10.6 Å². The summed E-state index contributed by atoms with van der Waals surface area (Å²) in [5.41, 5.74) is 0.993. The van der Waals surface area contributed by atoms with E-state index < -0.39 is 22.0 Å². The highest BCUT2D eigenvalue weighted by atomic mass is 32.2. The van der Waals surface area contributed by atoms with E-state index in [9.17, 15) is 13.2 Å². The van der Waals surface area contributed by atoms with Gasteiger partial charge < -0.3 is 10.0 Å². The number of nitrogens with zero attached hydrogens (tertiary/aromatic N) is 1. The molecule has 104 valence electrons. The summed E-state index contributed by atoms with van der Waals surface area (Å²) in [6.07, 6.45) is 0.291. The SMILES string of the molecule is Cc1ccc(S(=O)(=O)CC2CCCN2C(=O)O)cc1. The first-order chi connectivity index (χ1) is 8.90. The van der Waals surface area contributed by atoms with Crippen LogP contribution < -0.4 is 0 Å². The number of hydrogen-bond acceptors (Lipinski definition) is 3. The van der Waals surface area contributed by atoms with Gasteiger partial charge in [0.25, 0.3) is 0 Å². The second-order valence-corrected chi connectivity index (χ2v) is 6.90. The van der Waals surface area contributed by atoms with Gasteiger partial charge in [-0.05, 0) is 31.9 Å². The molecule has 1 saturated heterocycles. The molecule has 1 aromatic carbocycles. The van der Waals surface area contributed by atoms with E-state index in [1.54, 1.807) is 24.3 Å². The Labute approximate surface area is 112 Å². The molecule has 5 nitrogen and oxygen atoms in total. The zero-order valence-electron chi connectivity index (χ0n) is 10.7. The average molecular weight is 283 g/mol. The predicted octanol–water partition coefficient (Wildman–Crippen LogP) is 1.91. The third kappa shape index (κ3) is 3.07. The van der Waals surface area contributed by atoms with Gasteiger partial charge in [-0.15, -0.1) is 0 Å². The molecule has 0 aliphatic carbocycles. The molecule has 0 radical (unpaired) electrons. The van der Waals surface area contributed by atoms with Crippen LogP contribution in [0.2, 0.25) is 0 Å². The number of carbonyl (C=O) groups is 1. The van der Waals surface area contributed by atoms with Gasteiger partial charge in [-0.2, -0.15) is 0 Å². The minimum atomic E-state index is -3.43. The zero-order chi connectivity index (χ0) is 14.0. The lowest BCUT2D eigenvalue weighted by Crippen LogP contribution is -2.38. The minimum absolute atomic E-state index is 0.137. The first-order valence-electron chi connectivity index (χ1n) is 6.19. The first kappa shape index (κ1) is 13.9. The van der Waals surface area contributed by atoms with Crippen LogP contribution in [-0.2, 0) is 9.84 Å². The van der Waals surface area contributed by atoms with Crippen molar-refractivity contribution in [3.63, 3.8) is 0 Å². The van der Waals surface area contributed by atoms with E-state index in [-0.39, 0.29) is 10.6 Å². The third-order valence-corrected chi connectivity index (χ3v) is 5.23. The maximum atomic E-state index is 12.2. The summed E-state index contributed by atoms with van der Waals surface area (Å²) in [4.78, 5) is 12.5. The van der Waals surface area contributed by atoms with Crippen molar-refractivity contribution in [3.8, 4) is 0 Å². The number of carboxylic acid groups (broad SMARTS) is 1. The lowest BCUT2D eigenvalue weighted by Gasteiger charge is -2.21. The highest BCUT2D eigenvalue weighted by molar-refractivity contribution is 7.91. The number of rotatable bonds is 3. The molecule has 1 aliphatic rings. The molecule has 0 spiro atoms. The van der Waals surface area contributed by atoms with E-state index in [0.717, 1.165) is 12.0 Å². The smallest absolute Gasteiger partial charge is 0.407 e. The van der Waals surface area contributed by atoms with Crippen molar-refractivity contribution >= 4 is 15.9 Å². The second-order valence-electron chi connectivity index (χ2n) is 4.87. The van der Waals surface area contributed by atoms with Crippen molar-refractivity contribution in [2.45, 2.75) is 30.7 Å². The van der Waals surface area contributed by atoms with Gasteiger partial charge in [0.15, 0.2) is 9.84 Å². The van der Waals surface area contributed by atoms with Gasteiger partial charge in [0, 0.05) is 12.6 Å². The molecular formula is C13H17NO4S. The molecule has 19 heavy (non-hydrogen) atoms. The molecule has 1 unspecified atom stereocenters. The molecular weight excluding hydrogens is 266 g/mol. The van der Waals surface area contributed by atoms with Gasteiger partial charge in [-0.1, -0.05) is 17.7 Å². The van der Waals surface area contributed by atoms with Crippen molar-refractivity contribution in [2.24, 2.45) is 0 Å². The molecule has 1 atom stereocenters. The average Bonchev–Trinajstić information content (AvgIpc) is 2.77. The third-order valence-electron chi connectivity index (χ3n) is 3.41. The van der Waals surface area contributed by atoms with Gasteiger partial charge in [0.2, 0.25) is 0 Å². The van der Waals surface area contributed by atoms with E-state index in [1.165, 1.54) is 4.90 Å². The number of likely N-dealkylation sites (tertiary alicyclic amines) is 1. The second kappa shape index (κ2) is 5.21. The van der Waals surface area contributed by atoms with Crippen LogP contribution in [0, 0.1) is 6.92 Å². The molecule has 1 amide bonds. The molecule has 0 aromatic heterocycles. The van der Waals surface area contributed by atoms with Crippen molar-refractivity contribution in [1.82, 2.24) is 4.90 Å². The summed E-state index contributed by atoms with van der Waals surface area (Å²) in [6.45, 7) is 2.31. The first-order valence-corrected chi connectivity index (χ1v) is 7.84. The van der Waals surface area contributed by atoms with Crippen LogP contribution in [0.15, 0.2) is 29.2 Å². The summed E-state index contributed by atoms with van der Waals surface area (Å²) < 4.78 is 24.5. The fourth-order valence-electron chi connectivity index (χ4n) is 2.36. The molecule has 1 N–H and O–H groups in total. The minimum Gasteiger partial charge on any atom is -0.465 e. The summed E-state index contributed by atoms with van der Waals surface area (Å²) in [7, 11) is -3.43. The monoisotopic (exact) mass is 283 g/mol. The van der Waals surface area contributed by atoms with E-state index in [1.807, 2.05) is 6.92 Å². The topological polar surface area (TPSA) is 74.7 Å². The van der Waals surface area contributed by atoms with Crippen LogP contribution in [0.25, 0.3) is 0 Å². The van der Waals surface area contributed by atoms with E-state index in [2.05, 4.69) is 0 Å². The molecule has 0 saturated carbocycles. The standard InChI is InChI=1S/C13H17NO4S/c1-10-4-6-12(7-5-10)19(17,18)9-11-3-2-8-14(11)13(15)16/h4-7,11H,2-3,8-9H2,1H3,(H,15,16). The quantitative estimate of drug-likeness (QED) is 0.919. The molecule has 1 fully saturated rings. The molecule has 1 aliphatic heterocycles. The summed E-state index contributed by atoms with van der Waals surface area (Å²) in [5, 5.41) is 9.02. The Balaban J connectivity index is 2.17. The normalized spacial score (nSPS) is 19.6. The predicted molar refractivity (Wildman–Crippen MR) is 71.0 cm³/mol. The van der Waals surface area contributed by atoms with Crippen LogP contribution in [0.3, 0.4) is 0 Å². The zero-order valence-corrected chi connectivity index (χ0v) is 11.6. The van der Waals surface area contributed by atoms with Gasteiger partial charge in [0.1, 0.15) is 0 Å². The number of aryl methyl sites for hydroxylation is 1. The van der Waals surface area contributed by atoms with Crippen LogP contribution in [0.4, 0.5) is 4.79 Å². The lowest BCUT2D eigenvalue weighted by atomic mass is 10.2. The maximum absolute atomic E-state index is 12.2. The Kier molecular flexibility index (Phi) is 3.80. The fraction of sp³-hybridized carbons (Fsp3) is 0.462. The van der Waals surface area contributed by atoms with Gasteiger partial charge >= 0.3 is 6.09 Å². The molecule has 6 heteroatoms. The maximum Gasteiger partial charge on any atom is 0.407 e.